The van der Waals surface area contributed by atoms with Gasteiger partial charge >= 0.3 is 0 Å². The van der Waals surface area contributed by atoms with E-state index in [1.807, 2.05) is 4.90 Å². The van der Waals surface area contributed by atoms with Gasteiger partial charge in [0.2, 0.25) is 10.0 Å². The van der Waals surface area contributed by atoms with Crippen LogP contribution in [0.2, 0.25) is 0 Å². The highest BCUT2D eigenvalue weighted by molar-refractivity contribution is 7.89. The van der Waals surface area contributed by atoms with Gasteiger partial charge in [0.25, 0.3) is 5.91 Å². The Morgan fingerprint density at radius 1 is 0.941 bits per heavy atom. The zero-order valence-electron chi connectivity index (χ0n) is 19.6. The summed E-state index contributed by atoms with van der Waals surface area (Å²) in [7, 11) is -3.47. The van der Waals surface area contributed by atoms with E-state index in [0.717, 1.165) is 36.6 Å². The number of piperazine rings is 1. The van der Waals surface area contributed by atoms with Gasteiger partial charge in [-0.1, -0.05) is 37.3 Å². The summed E-state index contributed by atoms with van der Waals surface area (Å²) in [5, 5.41) is 1.01. The van der Waals surface area contributed by atoms with Crippen LogP contribution in [0.3, 0.4) is 0 Å². The molecule has 2 aliphatic heterocycles. The van der Waals surface area contributed by atoms with Crippen molar-refractivity contribution in [1.29, 1.82) is 0 Å². The lowest BCUT2D eigenvalue weighted by Gasteiger charge is -2.34. The van der Waals surface area contributed by atoms with Crippen molar-refractivity contribution in [2.45, 2.75) is 37.5 Å². The number of sulfonamides is 1. The van der Waals surface area contributed by atoms with E-state index >= 15 is 0 Å². The van der Waals surface area contributed by atoms with Gasteiger partial charge in [-0.3, -0.25) is 4.79 Å². The summed E-state index contributed by atoms with van der Waals surface area (Å²) < 4.78 is 28.2. The predicted octanol–water partition coefficient (Wildman–Crippen LogP) is 4.17. The second-order valence-electron chi connectivity index (χ2n) is 9.26. The molecular weight excluding hydrogens is 468 g/mol. The Kier molecular flexibility index (Phi) is 6.35. The number of amides is 1. The van der Waals surface area contributed by atoms with Gasteiger partial charge in [0.05, 0.1) is 15.1 Å². The summed E-state index contributed by atoms with van der Waals surface area (Å²) in [4.78, 5) is 22.3. The minimum Gasteiger partial charge on any atom is -0.345 e. The van der Waals surface area contributed by atoms with Crippen LogP contribution in [0.1, 0.15) is 48.5 Å². The molecule has 5 rings (SSSR count). The van der Waals surface area contributed by atoms with Gasteiger partial charge in [0.15, 0.2) is 5.13 Å². The van der Waals surface area contributed by atoms with Crippen molar-refractivity contribution in [2.75, 3.05) is 44.2 Å². The van der Waals surface area contributed by atoms with Crippen molar-refractivity contribution in [3.8, 4) is 0 Å². The van der Waals surface area contributed by atoms with Crippen molar-refractivity contribution in [1.82, 2.24) is 14.2 Å². The van der Waals surface area contributed by atoms with Gasteiger partial charge in [0.1, 0.15) is 0 Å². The lowest BCUT2D eigenvalue weighted by molar-refractivity contribution is 0.0746. The summed E-state index contributed by atoms with van der Waals surface area (Å²) in [6.45, 7) is 8.19. The monoisotopic (exact) mass is 498 g/mol. The summed E-state index contributed by atoms with van der Waals surface area (Å²) in [5.74, 6) is 0.362. The molecule has 0 N–H and O–H groups in total. The van der Waals surface area contributed by atoms with Crippen LogP contribution in [0.25, 0.3) is 10.2 Å². The van der Waals surface area contributed by atoms with Gasteiger partial charge in [-0.25, -0.2) is 13.4 Å². The fourth-order valence-corrected chi connectivity index (χ4v) is 7.26. The highest BCUT2D eigenvalue weighted by Gasteiger charge is 2.28. The van der Waals surface area contributed by atoms with E-state index in [4.69, 9.17) is 4.98 Å². The number of hydrogen-bond donors (Lipinski definition) is 0. The van der Waals surface area contributed by atoms with E-state index < -0.39 is 10.0 Å². The summed E-state index contributed by atoms with van der Waals surface area (Å²) in [5.41, 5.74) is 2.87. The molecule has 180 valence electrons. The number of anilines is 1. The van der Waals surface area contributed by atoms with Gasteiger partial charge in [-0.05, 0) is 54.7 Å². The molecule has 0 unspecified atom stereocenters. The third-order valence-corrected chi connectivity index (χ3v) is 9.70. The number of nitrogens with zero attached hydrogens (tertiary/aromatic N) is 4. The standard InChI is InChI=1S/C25H30N4O3S2/c1-18(2)21-6-5-7-22-23(21)26-25(33-22)28-16-14-27(15-17-28)24(30)19-8-10-20(11-9-19)34(31,32)29-12-3-4-13-29/h5-11,18H,3-4,12-17H2,1-2H3. The van der Waals surface area contributed by atoms with E-state index in [-0.39, 0.29) is 10.8 Å². The first kappa shape index (κ1) is 23.3. The number of thiazole rings is 1. The average Bonchev–Trinajstić information content (AvgIpc) is 3.54. The van der Waals surface area contributed by atoms with Crippen molar-refractivity contribution in [3.05, 3.63) is 53.6 Å². The molecule has 7 nitrogen and oxygen atoms in total. The molecule has 1 aromatic heterocycles. The Morgan fingerprint density at radius 2 is 1.62 bits per heavy atom. The molecule has 0 spiro atoms. The van der Waals surface area contributed by atoms with Crippen LogP contribution >= 0.6 is 11.3 Å². The second kappa shape index (κ2) is 9.28. The van der Waals surface area contributed by atoms with Crippen LogP contribution < -0.4 is 4.90 Å². The largest absolute Gasteiger partial charge is 0.345 e. The minimum atomic E-state index is -3.47. The quantitative estimate of drug-likeness (QED) is 0.528. The number of carbonyl (C=O) groups excluding carboxylic acids is 1. The number of hydrogen-bond acceptors (Lipinski definition) is 6. The van der Waals surface area contributed by atoms with E-state index in [0.29, 0.717) is 37.7 Å². The topological polar surface area (TPSA) is 73.8 Å². The van der Waals surface area contributed by atoms with Crippen molar-refractivity contribution in [3.63, 3.8) is 0 Å². The van der Waals surface area contributed by atoms with Crippen molar-refractivity contribution >= 4 is 42.6 Å². The Balaban J connectivity index is 1.25. The molecule has 0 radical (unpaired) electrons. The smallest absolute Gasteiger partial charge is 0.253 e. The molecule has 1 amide bonds. The Labute approximate surface area is 205 Å². The van der Waals surface area contributed by atoms with E-state index in [9.17, 15) is 13.2 Å². The molecule has 0 saturated carbocycles. The van der Waals surface area contributed by atoms with Crippen LogP contribution in [-0.4, -0.2) is 67.8 Å². The summed E-state index contributed by atoms with van der Waals surface area (Å²) >= 11 is 1.71. The number of benzene rings is 2. The maximum atomic E-state index is 13.1. The number of carbonyl (C=O) groups is 1. The summed E-state index contributed by atoms with van der Waals surface area (Å²) in [6.07, 6.45) is 1.80. The number of fused-ring (bicyclic) bond motifs is 1. The fraction of sp³-hybridized carbons (Fsp3) is 0.440. The molecule has 2 aromatic carbocycles. The van der Waals surface area contributed by atoms with Gasteiger partial charge in [-0.15, -0.1) is 0 Å². The first-order valence-electron chi connectivity index (χ1n) is 11.9. The van der Waals surface area contributed by atoms with E-state index in [1.54, 1.807) is 35.6 Å². The Hall–Kier alpha value is -2.49. The first-order chi connectivity index (χ1) is 16.3. The fourth-order valence-electron chi connectivity index (χ4n) is 4.69. The normalized spacial score (nSPS) is 17.7. The van der Waals surface area contributed by atoms with Gasteiger partial charge < -0.3 is 9.80 Å². The molecular formula is C25H30N4O3S2. The average molecular weight is 499 g/mol. The number of para-hydroxylation sites is 1. The van der Waals surface area contributed by atoms with E-state index in [1.165, 1.54) is 14.6 Å². The van der Waals surface area contributed by atoms with Crippen molar-refractivity contribution < 1.29 is 13.2 Å². The molecule has 3 heterocycles. The maximum absolute atomic E-state index is 13.1. The van der Waals surface area contributed by atoms with Crippen LogP contribution in [0.5, 0.6) is 0 Å². The Bertz CT molecular complexity index is 1290. The van der Waals surface area contributed by atoms with Gasteiger partial charge in [0, 0.05) is 44.8 Å². The molecule has 34 heavy (non-hydrogen) atoms. The highest BCUT2D eigenvalue weighted by atomic mass is 32.2. The molecule has 2 fully saturated rings. The molecule has 0 aliphatic carbocycles. The molecule has 9 heteroatoms. The van der Waals surface area contributed by atoms with E-state index in [2.05, 4.69) is 36.9 Å². The first-order valence-corrected chi connectivity index (χ1v) is 14.1. The second-order valence-corrected chi connectivity index (χ2v) is 12.2. The van der Waals surface area contributed by atoms with Crippen molar-refractivity contribution in [2.24, 2.45) is 0 Å². The molecule has 0 bridgehead atoms. The molecule has 2 saturated heterocycles. The Morgan fingerprint density at radius 3 is 2.26 bits per heavy atom. The molecule has 0 atom stereocenters. The SMILES string of the molecule is CC(C)c1cccc2sc(N3CCN(C(=O)c4ccc(S(=O)(=O)N5CCCC5)cc4)CC3)nc12. The lowest BCUT2D eigenvalue weighted by Crippen LogP contribution is -2.48. The number of aromatic nitrogens is 1. The third-order valence-electron chi connectivity index (χ3n) is 6.70. The third kappa shape index (κ3) is 4.32. The zero-order chi connectivity index (χ0) is 23.9. The molecule has 2 aliphatic rings. The predicted molar refractivity (Wildman–Crippen MR) is 136 cm³/mol. The minimum absolute atomic E-state index is 0.0591. The summed E-state index contributed by atoms with van der Waals surface area (Å²) in [6, 6.07) is 12.8. The van der Waals surface area contributed by atoms with Gasteiger partial charge in [-0.2, -0.15) is 4.31 Å². The van der Waals surface area contributed by atoms with Crippen LogP contribution in [0.15, 0.2) is 47.4 Å². The lowest BCUT2D eigenvalue weighted by atomic mass is 10.0. The van der Waals surface area contributed by atoms with Crippen LogP contribution in [0.4, 0.5) is 5.13 Å². The number of rotatable bonds is 5. The zero-order valence-corrected chi connectivity index (χ0v) is 21.2. The highest BCUT2D eigenvalue weighted by Crippen LogP contribution is 2.34. The van der Waals surface area contributed by atoms with Crippen LogP contribution in [-0.2, 0) is 10.0 Å². The van der Waals surface area contributed by atoms with Crippen LogP contribution in [0, 0.1) is 0 Å². The molecule has 3 aromatic rings. The maximum Gasteiger partial charge on any atom is 0.253 e.